The highest BCUT2D eigenvalue weighted by molar-refractivity contribution is 6.37. The molecule has 0 bridgehead atoms. The van der Waals surface area contributed by atoms with Gasteiger partial charge in [-0.3, -0.25) is 4.79 Å². The standard InChI is InChI=1S/C13H15Cl2NO/c1-3-9(2)16-13(17)8-7-10-11(14)5-4-6-12(10)15/h4-9H,3H2,1-2H3,(H,16,17)/b8-7+/t9-/m1/s1. The molecule has 0 aliphatic carbocycles. The van der Waals surface area contributed by atoms with Crippen LogP contribution in [-0.2, 0) is 4.79 Å². The molecule has 0 aromatic heterocycles. The molecule has 1 aromatic carbocycles. The lowest BCUT2D eigenvalue weighted by atomic mass is 10.2. The molecule has 0 fully saturated rings. The molecule has 4 heteroatoms. The van der Waals surface area contributed by atoms with Crippen molar-refractivity contribution in [3.05, 3.63) is 39.9 Å². The second-order valence-electron chi connectivity index (χ2n) is 3.79. The van der Waals surface area contributed by atoms with E-state index in [2.05, 4.69) is 5.32 Å². The third-order valence-corrected chi connectivity index (χ3v) is 3.06. The van der Waals surface area contributed by atoms with E-state index in [0.29, 0.717) is 15.6 Å². The van der Waals surface area contributed by atoms with Gasteiger partial charge < -0.3 is 5.32 Å². The second kappa shape index (κ2) is 6.67. The van der Waals surface area contributed by atoms with Gasteiger partial charge in [-0.15, -0.1) is 0 Å². The summed E-state index contributed by atoms with van der Waals surface area (Å²) in [5, 5.41) is 3.89. The van der Waals surface area contributed by atoms with E-state index in [9.17, 15) is 4.79 Å². The van der Waals surface area contributed by atoms with Crippen molar-refractivity contribution in [1.82, 2.24) is 5.32 Å². The van der Waals surface area contributed by atoms with Crippen LogP contribution in [0.1, 0.15) is 25.8 Å². The minimum atomic E-state index is -0.143. The summed E-state index contributed by atoms with van der Waals surface area (Å²) < 4.78 is 0. The van der Waals surface area contributed by atoms with Crippen LogP contribution >= 0.6 is 23.2 Å². The van der Waals surface area contributed by atoms with E-state index in [4.69, 9.17) is 23.2 Å². The molecule has 0 aliphatic heterocycles. The highest BCUT2D eigenvalue weighted by Crippen LogP contribution is 2.25. The van der Waals surface area contributed by atoms with Crippen LogP contribution in [0.15, 0.2) is 24.3 Å². The molecular weight excluding hydrogens is 257 g/mol. The number of halogens is 2. The van der Waals surface area contributed by atoms with Crippen molar-refractivity contribution in [1.29, 1.82) is 0 Å². The van der Waals surface area contributed by atoms with Crippen LogP contribution in [-0.4, -0.2) is 11.9 Å². The van der Waals surface area contributed by atoms with Crippen LogP contribution in [0.4, 0.5) is 0 Å². The second-order valence-corrected chi connectivity index (χ2v) is 4.60. The van der Waals surface area contributed by atoms with Crippen LogP contribution in [0, 0.1) is 0 Å². The third kappa shape index (κ3) is 4.41. The molecule has 92 valence electrons. The molecule has 1 rings (SSSR count). The number of nitrogens with one attached hydrogen (secondary N) is 1. The highest BCUT2D eigenvalue weighted by Gasteiger charge is 2.04. The lowest BCUT2D eigenvalue weighted by Gasteiger charge is -2.08. The summed E-state index contributed by atoms with van der Waals surface area (Å²) in [6, 6.07) is 5.40. The van der Waals surface area contributed by atoms with Gasteiger partial charge in [0.05, 0.1) is 0 Å². The van der Waals surface area contributed by atoms with Crippen molar-refractivity contribution in [3.8, 4) is 0 Å². The molecule has 1 N–H and O–H groups in total. The van der Waals surface area contributed by atoms with Gasteiger partial charge >= 0.3 is 0 Å². The summed E-state index contributed by atoms with van der Waals surface area (Å²) in [7, 11) is 0. The quantitative estimate of drug-likeness (QED) is 0.827. The summed E-state index contributed by atoms with van der Waals surface area (Å²) in [5.41, 5.74) is 0.662. The van der Waals surface area contributed by atoms with Crippen LogP contribution in [0.2, 0.25) is 10.0 Å². The molecule has 0 spiro atoms. The van der Waals surface area contributed by atoms with E-state index < -0.39 is 0 Å². The maximum atomic E-state index is 11.5. The highest BCUT2D eigenvalue weighted by atomic mass is 35.5. The largest absolute Gasteiger partial charge is 0.350 e. The van der Waals surface area contributed by atoms with E-state index in [0.717, 1.165) is 6.42 Å². The summed E-state index contributed by atoms with van der Waals surface area (Å²) >= 11 is 12.0. The van der Waals surface area contributed by atoms with E-state index in [1.165, 1.54) is 6.08 Å². The molecule has 0 heterocycles. The molecule has 1 aromatic rings. The molecule has 17 heavy (non-hydrogen) atoms. The molecule has 0 aliphatic rings. The van der Waals surface area contributed by atoms with Crippen LogP contribution in [0.25, 0.3) is 6.08 Å². The van der Waals surface area contributed by atoms with Gasteiger partial charge in [-0.25, -0.2) is 0 Å². The first kappa shape index (κ1) is 14.1. The van der Waals surface area contributed by atoms with Crippen LogP contribution in [0.3, 0.4) is 0 Å². The molecule has 0 unspecified atom stereocenters. The maximum absolute atomic E-state index is 11.5. The fraction of sp³-hybridized carbons (Fsp3) is 0.308. The van der Waals surface area contributed by atoms with E-state index in [-0.39, 0.29) is 11.9 Å². The minimum Gasteiger partial charge on any atom is -0.350 e. The Kier molecular flexibility index (Phi) is 5.52. The van der Waals surface area contributed by atoms with Gasteiger partial charge in [-0.2, -0.15) is 0 Å². The van der Waals surface area contributed by atoms with Crippen LogP contribution in [0.5, 0.6) is 0 Å². The molecule has 1 amide bonds. The van der Waals surface area contributed by atoms with E-state index in [1.54, 1.807) is 24.3 Å². The average molecular weight is 272 g/mol. The summed E-state index contributed by atoms with van der Waals surface area (Å²) in [5.74, 6) is -0.143. The van der Waals surface area contributed by atoms with E-state index >= 15 is 0 Å². The first-order valence-electron chi connectivity index (χ1n) is 5.47. The predicted octanol–water partition coefficient (Wildman–Crippen LogP) is 3.92. The Labute approximate surface area is 112 Å². The number of carbonyl (C=O) groups is 1. The molecule has 0 saturated heterocycles. The van der Waals surface area contributed by atoms with Crippen molar-refractivity contribution in [3.63, 3.8) is 0 Å². The Morgan fingerprint density at radius 1 is 1.41 bits per heavy atom. The molecule has 1 atom stereocenters. The topological polar surface area (TPSA) is 29.1 Å². The Hall–Kier alpha value is -0.990. The monoisotopic (exact) mass is 271 g/mol. The van der Waals surface area contributed by atoms with Crippen molar-refractivity contribution in [2.45, 2.75) is 26.3 Å². The van der Waals surface area contributed by atoms with Crippen molar-refractivity contribution < 1.29 is 4.79 Å². The lowest BCUT2D eigenvalue weighted by Crippen LogP contribution is -2.30. The van der Waals surface area contributed by atoms with Gasteiger partial charge in [0.25, 0.3) is 0 Å². The third-order valence-electron chi connectivity index (χ3n) is 2.40. The Morgan fingerprint density at radius 2 is 2.00 bits per heavy atom. The number of benzene rings is 1. The first-order chi connectivity index (χ1) is 8.04. The van der Waals surface area contributed by atoms with Gasteiger partial charge in [0, 0.05) is 27.7 Å². The summed E-state index contributed by atoms with van der Waals surface area (Å²) in [4.78, 5) is 11.5. The average Bonchev–Trinajstić information content (AvgIpc) is 2.28. The SMILES string of the molecule is CC[C@@H](C)NC(=O)/C=C/c1c(Cl)cccc1Cl. The number of carbonyl (C=O) groups excluding carboxylic acids is 1. The first-order valence-corrected chi connectivity index (χ1v) is 6.22. The van der Waals surface area contributed by atoms with Gasteiger partial charge in [-0.05, 0) is 31.6 Å². The van der Waals surface area contributed by atoms with Gasteiger partial charge in [-0.1, -0.05) is 36.2 Å². The van der Waals surface area contributed by atoms with Gasteiger partial charge in [0.1, 0.15) is 0 Å². The predicted molar refractivity (Wildman–Crippen MR) is 73.4 cm³/mol. The van der Waals surface area contributed by atoms with Crippen molar-refractivity contribution >= 4 is 35.2 Å². The number of hydrogen-bond acceptors (Lipinski definition) is 1. The number of hydrogen-bond donors (Lipinski definition) is 1. The molecular formula is C13H15Cl2NO. The van der Waals surface area contributed by atoms with Gasteiger partial charge in [0.2, 0.25) is 5.91 Å². The fourth-order valence-corrected chi connectivity index (χ4v) is 1.75. The van der Waals surface area contributed by atoms with Gasteiger partial charge in [0.15, 0.2) is 0 Å². The smallest absolute Gasteiger partial charge is 0.244 e. The Morgan fingerprint density at radius 3 is 2.53 bits per heavy atom. The number of rotatable bonds is 4. The normalized spacial score (nSPS) is 12.7. The zero-order valence-electron chi connectivity index (χ0n) is 9.84. The number of amides is 1. The molecule has 2 nitrogen and oxygen atoms in total. The minimum absolute atomic E-state index is 0.143. The van der Waals surface area contributed by atoms with Crippen molar-refractivity contribution in [2.24, 2.45) is 0 Å². The van der Waals surface area contributed by atoms with E-state index in [1.807, 2.05) is 13.8 Å². The zero-order valence-corrected chi connectivity index (χ0v) is 11.3. The summed E-state index contributed by atoms with van der Waals surface area (Å²) in [6.07, 6.45) is 3.97. The van der Waals surface area contributed by atoms with Crippen LogP contribution < -0.4 is 5.32 Å². The lowest BCUT2D eigenvalue weighted by molar-refractivity contribution is -0.117. The van der Waals surface area contributed by atoms with Crippen molar-refractivity contribution in [2.75, 3.05) is 0 Å². The Balaban J connectivity index is 2.74. The molecule has 0 radical (unpaired) electrons. The summed E-state index contributed by atoms with van der Waals surface area (Å²) in [6.45, 7) is 3.97. The maximum Gasteiger partial charge on any atom is 0.244 e. The fourth-order valence-electron chi connectivity index (χ4n) is 1.22. The molecule has 0 saturated carbocycles. The zero-order chi connectivity index (χ0) is 12.8. The Bertz CT molecular complexity index is 409.